The number of allylic oxidation sites excluding steroid dienone is 1. The molecule has 0 N–H and O–H groups in total. The van der Waals surface area contributed by atoms with Gasteiger partial charge in [-0.2, -0.15) is 0 Å². The molecule has 0 saturated heterocycles. The van der Waals surface area contributed by atoms with Crippen LogP contribution in [0, 0.1) is 0 Å². The van der Waals surface area contributed by atoms with Crippen molar-refractivity contribution in [1.29, 1.82) is 0 Å². The van der Waals surface area contributed by atoms with Crippen molar-refractivity contribution in [2.24, 2.45) is 0 Å². The molecule has 3 aromatic rings. The third-order valence-corrected chi connectivity index (χ3v) is 4.08. The van der Waals surface area contributed by atoms with Gasteiger partial charge < -0.3 is 0 Å². The van der Waals surface area contributed by atoms with Gasteiger partial charge in [-0.15, -0.1) is 0 Å². The van der Waals surface area contributed by atoms with Crippen LogP contribution < -0.4 is 0 Å². The zero-order chi connectivity index (χ0) is 14.7. The van der Waals surface area contributed by atoms with Gasteiger partial charge in [0, 0.05) is 10.0 Å². The molecule has 3 aromatic carbocycles. The Hall–Kier alpha value is -2.19. The molecule has 0 aromatic heterocycles. The van der Waals surface area contributed by atoms with E-state index in [0.29, 0.717) is 5.56 Å². The highest BCUT2D eigenvalue weighted by Crippen LogP contribution is 2.19. The summed E-state index contributed by atoms with van der Waals surface area (Å²) in [5.74, 6) is 0.0107. The summed E-state index contributed by atoms with van der Waals surface area (Å²) in [4.78, 5) is 12.3. The Bertz CT molecular complexity index is 834. The summed E-state index contributed by atoms with van der Waals surface area (Å²) < 4.78 is 0.979. The minimum Gasteiger partial charge on any atom is -0.289 e. The van der Waals surface area contributed by atoms with E-state index < -0.39 is 0 Å². The fraction of sp³-hybridized carbons (Fsp3) is 0. The lowest BCUT2D eigenvalue weighted by molar-refractivity contribution is 0.104. The quantitative estimate of drug-likeness (QED) is 0.456. The molecule has 1 nitrogen and oxygen atoms in total. The molecule has 0 aliphatic heterocycles. The predicted molar refractivity (Wildman–Crippen MR) is 91.5 cm³/mol. The fourth-order valence-electron chi connectivity index (χ4n) is 2.21. The summed E-state index contributed by atoms with van der Waals surface area (Å²) in [7, 11) is 0. The Balaban J connectivity index is 1.89. The highest BCUT2D eigenvalue weighted by Gasteiger charge is 2.03. The molecule has 0 aliphatic rings. The number of halogens is 1. The third kappa shape index (κ3) is 3.11. The van der Waals surface area contributed by atoms with E-state index in [1.165, 1.54) is 0 Å². The molecular weight excluding hydrogens is 324 g/mol. The van der Waals surface area contributed by atoms with Gasteiger partial charge in [-0.05, 0) is 40.6 Å². The van der Waals surface area contributed by atoms with E-state index in [0.717, 1.165) is 20.8 Å². The van der Waals surface area contributed by atoms with Crippen LogP contribution in [0.4, 0.5) is 0 Å². The first-order valence-electron chi connectivity index (χ1n) is 6.70. The van der Waals surface area contributed by atoms with Crippen LogP contribution in [0.3, 0.4) is 0 Å². The number of benzene rings is 3. The predicted octanol–water partition coefficient (Wildman–Crippen LogP) is 5.50. The van der Waals surface area contributed by atoms with Gasteiger partial charge in [-0.3, -0.25) is 4.79 Å². The van der Waals surface area contributed by atoms with E-state index in [-0.39, 0.29) is 5.78 Å². The van der Waals surface area contributed by atoms with Crippen molar-refractivity contribution >= 4 is 38.6 Å². The Kier molecular flexibility index (Phi) is 3.98. The maximum atomic E-state index is 12.3. The summed E-state index contributed by atoms with van der Waals surface area (Å²) in [6, 6.07) is 21.6. The first-order chi connectivity index (χ1) is 10.2. The molecule has 0 aliphatic carbocycles. The molecule has 102 valence electrons. The largest absolute Gasteiger partial charge is 0.289 e. The molecule has 2 heteroatoms. The summed E-state index contributed by atoms with van der Waals surface area (Å²) >= 11 is 3.47. The normalized spacial score (nSPS) is 11.1. The molecule has 0 unspecified atom stereocenters. The number of ketones is 1. The molecule has 0 spiro atoms. The van der Waals surface area contributed by atoms with Crippen molar-refractivity contribution < 1.29 is 4.79 Å². The number of hydrogen-bond donors (Lipinski definition) is 0. The molecule has 0 heterocycles. The lowest BCUT2D eigenvalue weighted by Crippen LogP contribution is -1.93. The Labute approximate surface area is 132 Å². The van der Waals surface area contributed by atoms with Crippen LogP contribution in [0.1, 0.15) is 15.9 Å². The van der Waals surface area contributed by atoms with Crippen molar-refractivity contribution in [2.75, 3.05) is 0 Å². The molecule has 0 atom stereocenters. The number of carbonyl (C=O) groups is 1. The van der Waals surface area contributed by atoms with E-state index in [1.807, 2.05) is 72.8 Å². The highest BCUT2D eigenvalue weighted by atomic mass is 79.9. The molecule has 21 heavy (non-hydrogen) atoms. The second kappa shape index (κ2) is 6.06. The molecule has 0 radical (unpaired) electrons. The van der Waals surface area contributed by atoms with E-state index in [4.69, 9.17) is 0 Å². The molecule has 0 saturated carbocycles. The average Bonchev–Trinajstić information content (AvgIpc) is 2.53. The van der Waals surface area contributed by atoms with Crippen LogP contribution in [-0.2, 0) is 0 Å². The number of carbonyl (C=O) groups excluding carboxylic acids is 1. The highest BCUT2D eigenvalue weighted by molar-refractivity contribution is 9.10. The van der Waals surface area contributed by atoms with Crippen molar-refractivity contribution in [3.05, 3.63) is 88.4 Å². The Morgan fingerprint density at radius 2 is 1.57 bits per heavy atom. The van der Waals surface area contributed by atoms with Crippen LogP contribution in [0.2, 0.25) is 0 Å². The van der Waals surface area contributed by atoms with Crippen LogP contribution in [0.25, 0.3) is 16.8 Å². The summed E-state index contributed by atoms with van der Waals surface area (Å²) in [6.07, 6.45) is 3.45. The molecule has 3 rings (SSSR count). The van der Waals surface area contributed by atoms with Gasteiger partial charge in [0.2, 0.25) is 0 Å². The van der Waals surface area contributed by atoms with Crippen molar-refractivity contribution in [1.82, 2.24) is 0 Å². The number of rotatable bonds is 3. The van der Waals surface area contributed by atoms with Crippen LogP contribution in [0.5, 0.6) is 0 Å². The Morgan fingerprint density at radius 1 is 0.857 bits per heavy atom. The van der Waals surface area contributed by atoms with Gasteiger partial charge in [0.05, 0.1) is 0 Å². The van der Waals surface area contributed by atoms with Gasteiger partial charge in [0.25, 0.3) is 0 Å². The number of fused-ring (bicyclic) bond motifs is 1. The molecular formula is C19H13BrO. The van der Waals surface area contributed by atoms with Crippen LogP contribution in [0.15, 0.2) is 77.3 Å². The van der Waals surface area contributed by atoms with Crippen LogP contribution >= 0.6 is 15.9 Å². The average molecular weight is 337 g/mol. The van der Waals surface area contributed by atoms with Gasteiger partial charge in [-0.25, -0.2) is 0 Å². The van der Waals surface area contributed by atoms with Crippen molar-refractivity contribution in [2.45, 2.75) is 0 Å². The van der Waals surface area contributed by atoms with E-state index in [2.05, 4.69) is 15.9 Å². The number of hydrogen-bond acceptors (Lipinski definition) is 1. The lowest BCUT2D eigenvalue weighted by Gasteiger charge is -2.01. The Morgan fingerprint density at radius 3 is 2.38 bits per heavy atom. The molecule has 0 amide bonds. The zero-order valence-electron chi connectivity index (χ0n) is 11.3. The lowest BCUT2D eigenvalue weighted by atomic mass is 10.0. The van der Waals surface area contributed by atoms with Gasteiger partial charge in [0.15, 0.2) is 5.78 Å². The van der Waals surface area contributed by atoms with E-state index in [9.17, 15) is 4.79 Å². The SMILES string of the molecule is O=C(C=Cc1ccccc1Br)c1ccc2ccccc2c1. The fourth-order valence-corrected chi connectivity index (χ4v) is 2.63. The standard InChI is InChI=1S/C19H13BrO/c20-18-8-4-3-6-15(18)11-12-19(21)17-10-9-14-5-1-2-7-16(14)13-17/h1-13H. The van der Waals surface area contributed by atoms with Gasteiger partial charge in [0.1, 0.15) is 0 Å². The van der Waals surface area contributed by atoms with E-state index >= 15 is 0 Å². The molecule has 0 fully saturated rings. The topological polar surface area (TPSA) is 17.1 Å². The molecule has 0 bridgehead atoms. The first-order valence-corrected chi connectivity index (χ1v) is 7.49. The van der Waals surface area contributed by atoms with Gasteiger partial charge >= 0.3 is 0 Å². The monoisotopic (exact) mass is 336 g/mol. The van der Waals surface area contributed by atoms with E-state index in [1.54, 1.807) is 6.08 Å². The van der Waals surface area contributed by atoms with Gasteiger partial charge in [-0.1, -0.05) is 70.5 Å². The summed E-state index contributed by atoms with van der Waals surface area (Å²) in [5, 5.41) is 2.22. The smallest absolute Gasteiger partial charge is 0.185 e. The summed E-state index contributed by atoms with van der Waals surface area (Å²) in [5.41, 5.74) is 1.70. The maximum absolute atomic E-state index is 12.3. The minimum absolute atomic E-state index is 0.0107. The zero-order valence-corrected chi connectivity index (χ0v) is 12.9. The third-order valence-electron chi connectivity index (χ3n) is 3.35. The summed E-state index contributed by atoms with van der Waals surface area (Å²) in [6.45, 7) is 0. The second-order valence-electron chi connectivity index (χ2n) is 4.78. The van der Waals surface area contributed by atoms with Crippen molar-refractivity contribution in [3.8, 4) is 0 Å². The maximum Gasteiger partial charge on any atom is 0.185 e. The first kappa shape index (κ1) is 13.8. The van der Waals surface area contributed by atoms with Crippen molar-refractivity contribution in [3.63, 3.8) is 0 Å². The second-order valence-corrected chi connectivity index (χ2v) is 5.64. The minimum atomic E-state index is 0.0107. The van der Waals surface area contributed by atoms with Crippen LogP contribution in [-0.4, -0.2) is 5.78 Å².